The van der Waals surface area contributed by atoms with Crippen LogP contribution in [0.25, 0.3) is 16.8 Å². The molecular formula is C14H13N3O. The molecule has 0 radical (unpaired) electrons. The number of aromatic nitrogens is 3. The summed E-state index contributed by atoms with van der Waals surface area (Å²) in [6, 6.07) is 5.98. The minimum Gasteiger partial charge on any atom is -0.481 e. The molecule has 0 bridgehead atoms. The Bertz CT molecular complexity index is 686. The van der Waals surface area contributed by atoms with Crippen molar-refractivity contribution in [3.05, 3.63) is 48.5 Å². The van der Waals surface area contributed by atoms with Crippen LogP contribution in [0.1, 0.15) is 5.56 Å². The summed E-state index contributed by atoms with van der Waals surface area (Å²) in [6.07, 6.45) is 7.62. The summed E-state index contributed by atoms with van der Waals surface area (Å²) in [7, 11) is 1.61. The molecule has 0 fully saturated rings. The van der Waals surface area contributed by atoms with Crippen LogP contribution < -0.4 is 4.74 Å². The van der Waals surface area contributed by atoms with Gasteiger partial charge in [-0.25, -0.2) is 9.97 Å². The normalized spacial score (nSPS) is 10.8. The summed E-state index contributed by atoms with van der Waals surface area (Å²) in [5.74, 6) is 0.624. The van der Waals surface area contributed by atoms with Crippen molar-refractivity contribution in [2.24, 2.45) is 0 Å². The van der Waals surface area contributed by atoms with Crippen LogP contribution in [0.4, 0.5) is 0 Å². The van der Waals surface area contributed by atoms with E-state index in [4.69, 9.17) is 4.74 Å². The summed E-state index contributed by atoms with van der Waals surface area (Å²) in [6.45, 7) is 2.06. The van der Waals surface area contributed by atoms with E-state index >= 15 is 0 Å². The van der Waals surface area contributed by atoms with E-state index in [2.05, 4.69) is 29.2 Å². The number of imidazole rings is 1. The monoisotopic (exact) mass is 239 g/mol. The van der Waals surface area contributed by atoms with Gasteiger partial charge >= 0.3 is 0 Å². The average Bonchev–Trinajstić information content (AvgIpc) is 2.88. The topological polar surface area (TPSA) is 39.4 Å². The lowest BCUT2D eigenvalue weighted by atomic mass is 10.1. The lowest BCUT2D eigenvalue weighted by molar-refractivity contribution is 0.398. The first-order valence-electron chi connectivity index (χ1n) is 5.71. The molecule has 0 amide bonds. The number of ether oxygens (including phenoxy) is 1. The molecule has 3 aromatic rings. The molecule has 0 unspecified atom stereocenters. The molecule has 90 valence electrons. The van der Waals surface area contributed by atoms with Crippen molar-refractivity contribution in [2.45, 2.75) is 6.92 Å². The first-order chi connectivity index (χ1) is 8.78. The molecule has 0 aliphatic rings. The lowest BCUT2D eigenvalue weighted by Crippen LogP contribution is -1.91. The van der Waals surface area contributed by atoms with Crippen molar-refractivity contribution >= 4 is 5.65 Å². The van der Waals surface area contributed by atoms with Gasteiger partial charge in [0.05, 0.1) is 7.11 Å². The average molecular weight is 239 g/mol. The van der Waals surface area contributed by atoms with E-state index in [0.29, 0.717) is 5.88 Å². The van der Waals surface area contributed by atoms with E-state index in [-0.39, 0.29) is 0 Å². The molecule has 0 saturated carbocycles. The van der Waals surface area contributed by atoms with Gasteiger partial charge in [0.1, 0.15) is 5.65 Å². The Morgan fingerprint density at radius 2 is 2.06 bits per heavy atom. The predicted molar refractivity (Wildman–Crippen MR) is 69.7 cm³/mol. The van der Waals surface area contributed by atoms with E-state index in [1.807, 2.05) is 28.9 Å². The predicted octanol–water partition coefficient (Wildman–Crippen LogP) is 2.71. The number of aryl methyl sites for hydroxylation is 1. The minimum absolute atomic E-state index is 0.624. The van der Waals surface area contributed by atoms with Gasteiger partial charge in [0.15, 0.2) is 0 Å². The maximum Gasteiger partial charge on any atom is 0.212 e. The van der Waals surface area contributed by atoms with Crippen molar-refractivity contribution in [3.8, 4) is 17.0 Å². The quantitative estimate of drug-likeness (QED) is 0.690. The SMILES string of the molecule is COc1ccc(-c2cc(C)c3nccn3c2)cn1. The third-order valence-corrected chi connectivity index (χ3v) is 2.95. The second-order valence-corrected chi connectivity index (χ2v) is 4.16. The third kappa shape index (κ3) is 1.72. The van der Waals surface area contributed by atoms with Gasteiger partial charge in [-0.15, -0.1) is 0 Å². The molecule has 0 saturated heterocycles. The maximum absolute atomic E-state index is 5.06. The Balaban J connectivity index is 2.12. The van der Waals surface area contributed by atoms with Crippen molar-refractivity contribution in [2.75, 3.05) is 7.11 Å². The fourth-order valence-electron chi connectivity index (χ4n) is 2.04. The zero-order valence-electron chi connectivity index (χ0n) is 10.3. The molecule has 4 nitrogen and oxygen atoms in total. The summed E-state index contributed by atoms with van der Waals surface area (Å²) >= 11 is 0. The Hall–Kier alpha value is -2.36. The standard InChI is InChI=1S/C14H13N3O/c1-10-7-12(9-17-6-5-15-14(10)17)11-3-4-13(18-2)16-8-11/h3-9H,1-2H3. The van der Waals surface area contributed by atoms with Crippen LogP contribution in [0.5, 0.6) is 5.88 Å². The fraction of sp³-hybridized carbons (Fsp3) is 0.143. The molecule has 0 aromatic carbocycles. The third-order valence-electron chi connectivity index (χ3n) is 2.95. The molecular weight excluding hydrogens is 226 g/mol. The van der Waals surface area contributed by atoms with Gasteiger partial charge in [-0.1, -0.05) is 0 Å². The highest BCUT2D eigenvalue weighted by molar-refractivity contribution is 5.66. The van der Waals surface area contributed by atoms with Crippen LogP contribution >= 0.6 is 0 Å². The Kier molecular flexibility index (Phi) is 2.48. The Morgan fingerprint density at radius 1 is 1.17 bits per heavy atom. The van der Waals surface area contributed by atoms with E-state index in [1.54, 1.807) is 13.3 Å². The van der Waals surface area contributed by atoms with Gasteiger partial charge in [0.25, 0.3) is 0 Å². The second-order valence-electron chi connectivity index (χ2n) is 4.16. The first kappa shape index (κ1) is 10.8. The molecule has 0 atom stereocenters. The molecule has 3 heterocycles. The van der Waals surface area contributed by atoms with E-state index in [0.717, 1.165) is 22.3 Å². The Morgan fingerprint density at radius 3 is 2.78 bits per heavy atom. The number of fused-ring (bicyclic) bond motifs is 1. The number of hydrogen-bond donors (Lipinski definition) is 0. The summed E-state index contributed by atoms with van der Waals surface area (Å²) in [4.78, 5) is 8.53. The van der Waals surface area contributed by atoms with Crippen LogP contribution in [0.2, 0.25) is 0 Å². The van der Waals surface area contributed by atoms with Gasteiger partial charge in [-0.3, -0.25) is 0 Å². The molecule has 0 aliphatic carbocycles. The Labute approximate surface area is 105 Å². The maximum atomic E-state index is 5.06. The second kappa shape index (κ2) is 4.14. The van der Waals surface area contributed by atoms with E-state index < -0.39 is 0 Å². The van der Waals surface area contributed by atoms with Gasteiger partial charge < -0.3 is 9.14 Å². The number of hydrogen-bond acceptors (Lipinski definition) is 3. The van der Waals surface area contributed by atoms with Crippen molar-refractivity contribution in [1.29, 1.82) is 0 Å². The highest BCUT2D eigenvalue weighted by Crippen LogP contribution is 2.22. The number of methoxy groups -OCH3 is 1. The fourth-order valence-corrected chi connectivity index (χ4v) is 2.04. The smallest absolute Gasteiger partial charge is 0.212 e. The zero-order valence-corrected chi connectivity index (χ0v) is 10.3. The zero-order chi connectivity index (χ0) is 12.5. The van der Waals surface area contributed by atoms with Crippen LogP contribution in [-0.4, -0.2) is 21.5 Å². The van der Waals surface area contributed by atoms with E-state index in [1.165, 1.54) is 0 Å². The van der Waals surface area contributed by atoms with Gasteiger partial charge in [0.2, 0.25) is 5.88 Å². The lowest BCUT2D eigenvalue weighted by Gasteiger charge is -2.06. The molecule has 18 heavy (non-hydrogen) atoms. The van der Waals surface area contributed by atoms with Gasteiger partial charge in [0, 0.05) is 42.0 Å². The molecule has 3 rings (SSSR count). The van der Waals surface area contributed by atoms with Crippen LogP contribution in [0.15, 0.2) is 43.0 Å². The highest BCUT2D eigenvalue weighted by atomic mass is 16.5. The van der Waals surface area contributed by atoms with Crippen LogP contribution in [0.3, 0.4) is 0 Å². The van der Waals surface area contributed by atoms with Gasteiger partial charge in [-0.05, 0) is 24.6 Å². The number of rotatable bonds is 2. The largest absolute Gasteiger partial charge is 0.481 e. The number of pyridine rings is 2. The van der Waals surface area contributed by atoms with E-state index in [9.17, 15) is 0 Å². The van der Waals surface area contributed by atoms with Crippen LogP contribution in [0, 0.1) is 6.92 Å². The molecule has 4 heteroatoms. The summed E-state index contributed by atoms with van der Waals surface area (Å²) < 4.78 is 7.08. The number of nitrogens with zero attached hydrogens (tertiary/aromatic N) is 3. The first-order valence-corrected chi connectivity index (χ1v) is 5.71. The molecule has 0 aliphatic heterocycles. The molecule has 0 spiro atoms. The molecule has 0 N–H and O–H groups in total. The van der Waals surface area contributed by atoms with Crippen molar-refractivity contribution in [1.82, 2.24) is 14.4 Å². The van der Waals surface area contributed by atoms with Crippen molar-refractivity contribution in [3.63, 3.8) is 0 Å². The van der Waals surface area contributed by atoms with Crippen LogP contribution in [-0.2, 0) is 0 Å². The summed E-state index contributed by atoms with van der Waals surface area (Å²) in [5, 5.41) is 0. The summed E-state index contributed by atoms with van der Waals surface area (Å²) in [5.41, 5.74) is 4.32. The van der Waals surface area contributed by atoms with Crippen molar-refractivity contribution < 1.29 is 4.74 Å². The van der Waals surface area contributed by atoms with Gasteiger partial charge in [-0.2, -0.15) is 0 Å². The highest BCUT2D eigenvalue weighted by Gasteiger charge is 2.04. The minimum atomic E-state index is 0.624. The molecule has 3 aromatic heterocycles.